The van der Waals surface area contributed by atoms with Gasteiger partial charge in [-0.15, -0.1) is 0 Å². The number of fused-ring (bicyclic) bond motifs is 9. The zero-order valence-electron chi connectivity index (χ0n) is 30.3. The minimum absolute atomic E-state index is 0.516. The summed E-state index contributed by atoms with van der Waals surface area (Å²) in [6.45, 7) is 0. The fourth-order valence-corrected chi connectivity index (χ4v) is 8.86. The van der Waals surface area contributed by atoms with Gasteiger partial charge in [0.1, 0.15) is 6.07 Å². The summed E-state index contributed by atoms with van der Waals surface area (Å²) < 4.78 is 6.81. The zero-order chi connectivity index (χ0) is 38.2. The average molecular weight is 725 g/mol. The van der Waals surface area contributed by atoms with Crippen LogP contribution in [0.25, 0.3) is 93.6 Å². The highest BCUT2D eigenvalue weighted by atomic mass is 15.1. The van der Waals surface area contributed by atoms with Crippen molar-refractivity contribution in [2.45, 2.75) is 0 Å². The number of nitrogens with zero attached hydrogens (tertiary/aromatic N) is 6. The normalized spacial score (nSPS) is 11.5. The second kappa shape index (κ2) is 12.3. The Kier molecular flexibility index (Phi) is 6.95. The van der Waals surface area contributed by atoms with Crippen LogP contribution in [0.4, 0.5) is 0 Å². The van der Waals surface area contributed by atoms with Crippen molar-refractivity contribution in [1.82, 2.24) is 13.7 Å². The molecule has 3 heterocycles. The number of hydrogen-bond acceptors (Lipinski definition) is 3. The molecular weight excluding hydrogens is 697 g/mol. The molecular formula is C51H28N6. The second-order valence-electron chi connectivity index (χ2n) is 14.3. The zero-order valence-corrected chi connectivity index (χ0v) is 30.3. The first-order valence-corrected chi connectivity index (χ1v) is 18.7. The molecule has 262 valence electrons. The standard InChI is InChI=1S/C51H28N6/c52-29-32-16-23-48-42(26-32)43-27-33(30-53)17-24-49(43)56(48)44-25-20-35(28-36(44)31-54)34-18-21-37(22-19-34)55-45-12-4-3-10-40(45)41-11-7-15-50(51(41)55)57-46-13-5-1-8-38(46)39-9-2-6-14-47(39)57/h1-28H. The molecule has 0 fully saturated rings. The van der Waals surface area contributed by atoms with E-state index in [-0.39, 0.29) is 0 Å². The van der Waals surface area contributed by atoms with Gasteiger partial charge < -0.3 is 13.7 Å². The summed E-state index contributed by atoms with van der Waals surface area (Å²) in [6.07, 6.45) is 0. The molecule has 0 atom stereocenters. The third-order valence-electron chi connectivity index (χ3n) is 11.3. The maximum absolute atomic E-state index is 10.5. The maximum Gasteiger partial charge on any atom is 0.101 e. The Morgan fingerprint density at radius 1 is 0.333 bits per heavy atom. The van der Waals surface area contributed by atoms with E-state index in [1.807, 2.05) is 36.4 Å². The summed E-state index contributed by atoms with van der Waals surface area (Å²) in [4.78, 5) is 0. The van der Waals surface area contributed by atoms with Crippen LogP contribution in [0.15, 0.2) is 170 Å². The quantitative estimate of drug-likeness (QED) is 0.181. The molecule has 0 bridgehead atoms. The first-order chi connectivity index (χ1) is 28.1. The highest BCUT2D eigenvalue weighted by Gasteiger charge is 2.21. The average Bonchev–Trinajstić information content (AvgIpc) is 3.91. The van der Waals surface area contributed by atoms with Crippen LogP contribution in [0.2, 0.25) is 0 Å². The molecule has 0 aliphatic carbocycles. The van der Waals surface area contributed by atoms with Crippen molar-refractivity contribution >= 4 is 65.4 Å². The first-order valence-electron chi connectivity index (χ1n) is 18.7. The van der Waals surface area contributed by atoms with Crippen LogP contribution in [-0.2, 0) is 0 Å². The first kappa shape index (κ1) is 32.1. The van der Waals surface area contributed by atoms with Crippen LogP contribution in [-0.4, -0.2) is 13.7 Å². The monoisotopic (exact) mass is 724 g/mol. The summed E-state index contributed by atoms with van der Waals surface area (Å²) in [5, 5.41) is 36.4. The number of nitriles is 3. The number of para-hydroxylation sites is 4. The van der Waals surface area contributed by atoms with Crippen molar-refractivity contribution in [3.8, 4) is 46.4 Å². The predicted octanol–water partition coefficient (Wildman–Crippen LogP) is 12.3. The van der Waals surface area contributed by atoms with Gasteiger partial charge in [0.15, 0.2) is 0 Å². The van der Waals surface area contributed by atoms with Crippen LogP contribution >= 0.6 is 0 Å². The van der Waals surface area contributed by atoms with E-state index in [1.54, 1.807) is 12.1 Å². The summed E-state index contributed by atoms with van der Waals surface area (Å²) >= 11 is 0. The largest absolute Gasteiger partial charge is 0.308 e. The van der Waals surface area contributed by atoms with Gasteiger partial charge in [-0.05, 0) is 96.1 Å². The Balaban J connectivity index is 1.06. The number of aromatic nitrogens is 3. The SMILES string of the molecule is N#Cc1ccc2c(c1)c1cc(C#N)ccc1n2-c1ccc(-c2ccc(-n3c4ccccc4c4cccc(-n5c6ccccc6c6ccccc65)c43)cc2)cc1C#N. The smallest absolute Gasteiger partial charge is 0.101 e. The molecule has 0 spiro atoms. The highest BCUT2D eigenvalue weighted by molar-refractivity contribution is 6.15. The van der Waals surface area contributed by atoms with Gasteiger partial charge in [0.2, 0.25) is 0 Å². The van der Waals surface area contributed by atoms with E-state index in [1.165, 1.54) is 21.5 Å². The van der Waals surface area contributed by atoms with E-state index in [4.69, 9.17) is 0 Å². The lowest BCUT2D eigenvalue weighted by molar-refractivity contribution is 1.13. The molecule has 3 aromatic heterocycles. The molecule has 0 amide bonds. The van der Waals surface area contributed by atoms with Crippen LogP contribution < -0.4 is 0 Å². The fraction of sp³-hybridized carbons (Fsp3) is 0. The van der Waals surface area contributed by atoms with Crippen molar-refractivity contribution < 1.29 is 0 Å². The van der Waals surface area contributed by atoms with E-state index in [2.05, 4.69) is 153 Å². The van der Waals surface area contributed by atoms with Crippen molar-refractivity contribution in [3.05, 3.63) is 187 Å². The van der Waals surface area contributed by atoms with Crippen LogP contribution in [0, 0.1) is 34.0 Å². The number of hydrogen-bond donors (Lipinski definition) is 0. The van der Waals surface area contributed by atoms with Crippen LogP contribution in [0.3, 0.4) is 0 Å². The lowest BCUT2D eigenvalue weighted by Crippen LogP contribution is -2.00. The number of benzene rings is 8. The molecule has 11 rings (SSSR count). The summed E-state index contributed by atoms with van der Waals surface area (Å²) in [7, 11) is 0. The van der Waals surface area contributed by atoms with Crippen molar-refractivity contribution in [1.29, 1.82) is 15.8 Å². The van der Waals surface area contributed by atoms with E-state index in [0.717, 1.165) is 72.1 Å². The van der Waals surface area contributed by atoms with Crippen LogP contribution in [0.5, 0.6) is 0 Å². The maximum atomic E-state index is 10.5. The molecule has 0 aliphatic heterocycles. The predicted molar refractivity (Wildman–Crippen MR) is 229 cm³/mol. The molecule has 0 saturated heterocycles. The summed E-state index contributed by atoms with van der Waals surface area (Å²) in [5.74, 6) is 0. The third-order valence-corrected chi connectivity index (χ3v) is 11.3. The molecule has 0 radical (unpaired) electrons. The minimum atomic E-state index is 0.516. The lowest BCUT2D eigenvalue weighted by atomic mass is 10.0. The Morgan fingerprint density at radius 2 is 0.825 bits per heavy atom. The summed E-state index contributed by atoms with van der Waals surface area (Å²) in [5.41, 5.74) is 12.7. The molecule has 11 aromatic rings. The molecule has 8 aromatic carbocycles. The van der Waals surface area contributed by atoms with Gasteiger partial charge in [0, 0.05) is 38.0 Å². The van der Waals surface area contributed by atoms with Crippen molar-refractivity contribution in [2.24, 2.45) is 0 Å². The topological polar surface area (TPSA) is 86.2 Å². The van der Waals surface area contributed by atoms with E-state index < -0.39 is 0 Å². The van der Waals surface area contributed by atoms with Gasteiger partial charge >= 0.3 is 0 Å². The van der Waals surface area contributed by atoms with Crippen LogP contribution in [0.1, 0.15) is 16.7 Å². The fourth-order valence-electron chi connectivity index (χ4n) is 8.86. The molecule has 0 N–H and O–H groups in total. The van der Waals surface area contributed by atoms with Gasteiger partial charge in [0.05, 0.1) is 73.3 Å². The van der Waals surface area contributed by atoms with Gasteiger partial charge in [-0.2, -0.15) is 15.8 Å². The molecule has 57 heavy (non-hydrogen) atoms. The molecule has 0 saturated carbocycles. The van der Waals surface area contributed by atoms with Crippen molar-refractivity contribution in [3.63, 3.8) is 0 Å². The Morgan fingerprint density at radius 3 is 1.40 bits per heavy atom. The lowest BCUT2D eigenvalue weighted by Gasteiger charge is -2.15. The van der Waals surface area contributed by atoms with Gasteiger partial charge in [-0.3, -0.25) is 0 Å². The second-order valence-corrected chi connectivity index (χ2v) is 14.3. The van der Waals surface area contributed by atoms with E-state index in [9.17, 15) is 15.8 Å². The molecule has 6 nitrogen and oxygen atoms in total. The Bertz CT molecular complexity index is 3490. The van der Waals surface area contributed by atoms with E-state index >= 15 is 0 Å². The summed E-state index contributed by atoms with van der Waals surface area (Å²) in [6, 6.07) is 65.0. The van der Waals surface area contributed by atoms with Crippen molar-refractivity contribution in [2.75, 3.05) is 0 Å². The third kappa shape index (κ3) is 4.68. The molecule has 6 heteroatoms. The van der Waals surface area contributed by atoms with Gasteiger partial charge in [0.25, 0.3) is 0 Å². The molecule has 0 unspecified atom stereocenters. The van der Waals surface area contributed by atoms with Gasteiger partial charge in [-0.1, -0.05) is 84.9 Å². The highest BCUT2D eigenvalue weighted by Crippen LogP contribution is 2.40. The minimum Gasteiger partial charge on any atom is -0.308 e. The Hall–Kier alpha value is -8.37. The Labute approximate surface area is 326 Å². The van der Waals surface area contributed by atoms with E-state index in [0.29, 0.717) is 16.7 Å². The number of rotatable bonds is 4. The van der Waals surface area contributed by atoms with Gasteiger partial charge in [-0.25, -0.2) is 0 Å². The molecule has 0 aliphatic rings.